The van der Waals surface area contributed by atoms with Crippen molar-refractivity contribution >= 4 is 18.0 Å². The van der Waals surface area contributed by atoms with E-state index in [1.807, 2.05) is 30.3 Å². The van der Waals surface area contributed by atoms with Crippen LogP contribution in [0.3, 0.4) is 0 Å². The number of ether oxygens (including phenoxy) is 1. The quantitative estimate of drug-likeness (QED) is 0.304. The van der Waals surface area contributed by atoms with E-state index in [0.29, 0.717) is 5.69 Å². The Hall–Kier alpha value is -4.25. The molecule has 30 heavy (non-hydrogen) atoms. The van der Waals surface area contributed by atoms with Gasteiger partial charge in [0.05, 0.1) is 18.4 Å². The molecule has 1 amide bonds. The van der Waals surface area contributed by atoms with Crippen LogP contribution in [0, 0.1) is 17.7 Å². The molecule has 1 aromatic carbocycles. The summed E-state index contributed by atoms with van der Waals surface area (Å²) in [5.74, 6) is 4.96. The van der Waals surface area contributed by atoms with Crippen LogP contribution >= 0.6 is 0 Å². The highest BCUT2D eigenvalue weighted by molar-refractivity contribution is 5.88. The average molecular weight is 404 g/mol. The SMILES string of the molecule is O=C(OCc1ccccc1)N(CC#Cc1ccc(F)c(C=NO)n1)c1ccncc1. The molecule has 3 rings (SSSR count). The van der Waals surface area contributed by atoms with Gasteiger partial charge in [0.2, 0.25) is 0 Å². The highest BCUT2D eigenvalue weighted by Crippen LogP contribution is 2.14. The highest BCUT2D eigenvalue weighted by Gasteiger charge is 2.16. The first-order valence-corrected chi connectivity index (χ1v) is 8.88. The Balaban J connectivity index is 1.75. The third-order valence-electron chi connectivity index (χ3n) is 3.91. The van der Waals surface area contributed by atoms with Gasteiger partial charge < -0.3 is 9.94 Å². The van der Waals surface area contributed by atoms with E-state index in [9.17, 15) is 9.18 Å². The van der Waals surface area contributed by atoms with E-state index in [-0.39, 0.29) is 24.5 Å². The Morgan fingerprint density at radius 1 is 1.17 bits per heavy atom. The summed E-state index contributed by atoms with van der Waals surface area (Å²) in [6.45, 7) is 0.137. The summed E-state index contributed by atoms with van der Waals surface area (Å²) < 4.78 is 19.0. The monoisotopic (exact) mass is 404 g/mol. The van der Waals surface area contributed by atoms with Gasteiger partial charge in [0.1, 0.15) is 18.0 Å². The van der Waals surface area contributed by atoms with Crippen molar-refractivity contribution in [3.63, 3.8) is 0 Å². The molecule has 0 bridgehead atoms. The van der Waals surface area contributed by atoms with Crippen LogP contribution in [-0.4, -0.2) is 34.0 Å². The standard InChI is InChI=1S/C22H17FN4O3/c23-20-9-8-18(26-21(20)15-25-29)7-4-14-27(19-10-12-24-13-11-19)22(28)30-16-17-5-2-1-3-6-17/h1-3,5-6,8-13,15,29H,14,16H2. The number of oxime groups is 1. The first kappa shape index (κ1) is 20.5. The first-order valence-electron chi connectivity index (χ1n) is 8.88. The molecule has 8 heteroatoms. The molecular weight excluding hydrogens is 387 g/mol. The highest BCUT2D eigenvalue weighted by atomic mass is 19.1. The van der Waals surface area contributed by atoms with Crippen molar-refractivity contribution < 1.29 is 19.1 Å². The van der Waals surface area contributed by atoms with Gasteiger partial charge in [-0.2, -0.15) is 0 Å². The van der Waals surface area contributed by atoms with Gasteiger partial charge in [-0.1, -0.05) is 41.4 Å². The Morgan fingerprint density at radius 3 is 2.67 bits per heavy atom. The molecule has 150 valence electrons. The maximum atomic E-state index is 13.6. The fourth-order valence-corrected chi connectivity index (χ4v) is 2.46. The van der Waals surface area contributed by atoms with Crippen LogP contribution in [0.5, 0.6) is 0 Å². The lowest BCUT2D eigenvalue weighted by molar-refractivity contribution is 0.148. The fraction of sp³-hybridized carbons (Fsp3) is 0.0909. The van der Waals surface area contributed by atoms with E-state index < -0.39 is 11.9 Å². The fourth-order valence-electron chi connectivity index (χ4n) is 2.46. The van der Waals surface area contributed by atoms with Gasteiger partial charge in [0.15, 0.2) is 5.82 Å². The molecule has 0 aliphatic rings. The van der Waals surface area contributed by atoms with E-state index in [1.165, 1.54) is 17.0 Å². The molecule has 2 heterocycles. The molecule has 0 saturated heterocycles. The summed E-state index contributed by atoms with van der Waals surface area (Å²) in [6.07, 6.45) is 3.43. The molecule has 1 N–H and O–H groups in total. The van der Waals surface area contributed by atoms with Crippen molar-refractivity contribution in [2.24, 2.45) is 5.16 Å². The largest absolute Gasteiger partial charge is 0.444 e. The van der Waals surface area contributed by atoms with Gasteiger partial charge in [-0.05, 0) is 35.7 Å². The third-order valence-corrected chi connectivity index (χ3v) is 3.91. The zero-order chi connectivity index (χ0) is 21.2. The Bertz CT molecular complexity index is 1080. The van der Waals surface area contributed by atoms with Crippen molar-refractivity contribution in [2.75, 3.05) is 11.4 Å². The second kappa shape index (κ2) is 10.3. The first-order chi connectivity index (χ1) is 14.7. The maximum Gasteiger partial charge on any atom is 0.415 e. The lowest BCUT2D eigenvalue weighted by Gasteiger charge is -2.19. The van der Waals surface area contributed by atoms with Gasteiger partial charge in [-0.3, -0.25) is 9.88 Å². The lowest BCUT2D eigenvalue weighted by Crippen LogP contribution is -2.31. The van der Waals surface area contributed by atoms with Crippen LogP contribution in [0.25, 0.3) is 0 Å². The van der Waals surface area contributed by atoms with Gasteiger partial charge in [0, 0.05) is 12.4 Å². The lowest BCUT2D eigenvalue weighted by atomic mass is 10.2. The van der Waals surface area contributed by atoms with E-state index in [2.05, 4.69) is 27.0 Å². The minimum Gasteiger partial charge on any atom is -0.444 e. The Labute approximate surface area is 172 Å². The number of nitrogens with zero attached hydrogens (tertiary/aromatic N) is 4. The third kappa shape index (κ3) is 5.62. The van der Waals surface area contributed by atoms with E-state index in [4.69, 9.17) is 9.94 Å². The van der Waals surface area contributed by atoms with Gasteiger partial charge in [0.25, 0.3) is 0 Å². The smallest absolute Gasteiger partial charge is 0.415 e. The minimum atomic E-state index is -0.638. The number of carbonyl (C=O) groups is 1. The number of hydrogen-bond acceptors (Lipinski definition) is 6. The summed E-state index contributed by atoms with van der Waals surface area (Å²) in [4.78, 5) is 21.9. The molecule has 0 unspecified atom stereocenters. The maximum absolute atomic E-state index is 13.6. The number of carbonyl (C=O) groups excluding carboxylic acids is 1. The molecule has 0 radical (unpaired) electrons. The van der Waals surface area contributed by atoms with Crippen molar-refractivity contribution in [2.45, 2.75) is 6.61 Å². The van der Waals surface area contributed by atoms with Crippen LogP contribution in [0.1, 0.15) is 17.0 Å². The van der Waals surface area contributed by atoms with Crippen LogP contribution in [-0.2, 0) is 11.3 Å². The molecule has 3 aromatic rings. The number of amides is 1. The number of anilines is 1. The molecule has 0 fully saturated rings. The number of halogens is 1. The van der Waals surface area contributed by atoms with Crippen LogP contribution in [0.2, 0.25) is 0 Å². The molecule has 7 nitrogen and oxygen atoms in total. The van der Waals surface area contributed by atoms with Crippen molar-refractivity contribution in [1.82, 2.24) is 9.97 Å². The van der Waals surface area contributed by atoms with Gasteiger partial charge in [-0.15, -0.1) is 0 Å². The topological polar surface area (TPSA) is 87.9 Å². The van der Waals surface area contributed by atoms with E-state index >= 15 is 0 Å². The number of benzene rings is 1. The van der Waals surface area contributed by atoms with Gasteiger partial charge in [-0.25, -0.2) is 14.2 Å². The molecular formula is C22H17FN4O3. The second-order valence-corrected chi connectivity index (χ2v) is 5.94. The summed E-state index contributed by atoms with van der Waals surface area (Å²) in [6, 6.07) is 15.2. The van der Waals surface area contributed by atoms with E-state index in [1.54, 1.807) is 24.5 Å². The predicted octanol–water partition coefficient (Wildman–Crippen LogP) is 3.62. The van der Waals surface area contributed by atoms with Crippen molar-refractivity contribution in [3.8, 4) is 11.8 Å². The average Bonchev–Trinajstić information content (AvgIpc) is 2.78. The summed E-state index contributed by atoms with van der Waals surface area (Å²) in [5, 5.41) is 11.3. The zero-order valence-electron chi connectivity index (χ0n) is 15.8. The van der Waals surface area contributed by atoms with Gasteiger partial charge >= 0.3 is 6.09 Å². The van der Waals surface area contributed by atoms with Crippen LogP contribution < -0.4 is 4.90 Å². The zero-order valence-corrected chi connectivity index (χ0v) is 15.8. The number of rotatable bonds is 5. The summed E-state index contributed by atoms with van der Waals surface area (Å²) in [7, 11) is 0. The molecule has 0 aliphatic heterocycles. The van der Waals surface area contributed by atoms with Crippen molar-refractivity contribution in [3.05, 3.63) is 89.8 Å². The molecule has 0 aliphatic carbocycles. The summed E-state index contributed by atoms with van der Waals surface area (Å²) in [5.41, 5.74) is 1.55. The molecule has 2 aromatic heterocycles. The second-order valence-electron chi connectivity index (χ2n) is 5.94. The number of hydrogen-bond donors (Lipinski definition) is 1. The number of pyridine rings is 2. The molecule has 0 spiro atoms. The summed E-state index contributed by atoms with van der Waals surface area (Å²) >= 11 is 0. The Morgan fingerprint density at radius 2 is 1.93 bits per heavy atom. The molecule has 0 saturated carbocycles. The minimum absolute atomic E-state index is 0.0140. The van der Waals surface area contributed by atoms with Crippen molar-refractivity contribution in [1.29, 1.82) is 0 Å². The normalized spacial score (nSPS) is 10.3. The predicted molar refractivity (Wildman–Crippen MR) is 109 cm³/mol. The molecule has 0 atom stereocenters. The Kier molecular flexibility index (Phi) is 7.06. The van der Waals surface area contributed by atoms with E-state index in [0.717, 1.165) is 11.8 Å². The number of aromatic nitrogens is 2. The van der Waals surface area contributed by atoms with Crippen LogP contribution in [0.4, 0.5) is 14.9 Å². The van der Waals surface area contributed by atoms with Crippen LogP contribution in [0.15, 0.2) is 72.1 Å².